The van der Waals surface area contributed by atoms with Gasteiger partial charge in [-0.3, -0.25) is 9.48 Å². The van der Waals surface area contributed by atoms with Gasteiger partial charge in [-0.2, -0.15) is 5.10 Å². The lowest BCUT2D eigenvalue weighted by atomic mass is 9.81. The zero-order valence-electron chi connectivity index (χ0n) is 21.4. The first-order valence-corrected chi connectivity index (χ1v) is 13.2. The van der Waals surface area contributed by atoms with Gasteiger partial charge in [0.1, 0.15) is 29.8 Å². The predicted octanol–water partition coefficient (Wildman–Crippen LogP) is 2.86. The summed E-state index contributed by atoms with van der Waals surface area (Å²) >= 11 is 0. The van der Waals surface area contributed by atoms with Gasteiger partial charge in [-0.1, -0.05) is 6.07 Å². The number of rotatable bonds is 5. The van der Waals surface area contributed by atoms with Crippen molar-refractivity contribution in [2.45, 2.75) is 57.0 Å². The molecule has 1 spiro atoms. The normalized spacial score (nSPS) is 24.4. The average Bonchev–Trinajstić information content (AvgIpc) is 3.51. The molecule has 1 aromatic heterocycles. The number of aromatic nitrogens is 2. The molecule has 4 aliphatic rings. The van der Waals surface area contributed by atoms with Gasteiger partial charge in [0.15, 0.2) is 0 Å². The number of aryl methyl sites for hydroxylation is 1. The fraction of sp³-hybridized carbons (Fsp3) is 0.593. The molecule has 3 aliphatic heterocycles. The maximum absolute atomic E-state index is 14.2. The van der Waals surface area contributed by atoms with E-state index in [2.05, 4.69) is 5.32 Å². The highest BCUT2D eigenvalue weighted by atomic mass is 19.1. The van der Waals surface area contributed by atoms with E-state index in [1.807, 2.05) is 43.3 Å². The number of benzene rings is 1. The third kappa shape index (κ3) is 4.79. The zero-order valence-corrected chi connectivity index (χ0v) is 21.4. The Hall–Kier alpha value is -3.14. The number of amides is 2. The Morgan fingerprint density at radius 2 is 2.03 bits per heavy atom. The van der Waals surface area contributed by atoms with Gasteiger partial charge in [-0.25, -0.2) is 9.18 Å². The first kappa shape index (κ1) is 24.2. The molecule has 6 rings (SSSR count). The van der Waals surface area contributed by atoms with Crippen LogP contribution in [0.15, 0.2) is 24.4 Å². The minimum Gasteiger partial charge on any atom is -0.482 e. The van der Waals surface area contributed by atoms with Crippen LogP contribution in [0.25, 0.3) is 11.3 Å². The number of likely N-dealkylation sites (tertiary alicyclic amines) is 2. The quantitative estimate of drug-likeness (QED) is 0.664. The van der Waals surface area contributed by atoms with Crippen LogP contribution in [0.4, 0.5) is 9.18 Å². The van der Waals surface area contributed by atoms with Gasteiger partial charge < -0.3 is 24.6 Å². The van der Waals surface area contributed by atoms with Gasteiger partial charge in [-0.15, -0.1) is 0 Å². The number of hydrogen-bond acceptors (Lipinski definition) is 6. The molecule has 10 heteroatoms. The molecule has 0 radical (unpaired) electrons. The van der Waals surface area contributed by atoms with Gasteiger partial charge in [0.05, 0.1) is 12.6 Å². The van der Waals surface area contributed by atoms with Crippen LogP contribution in [0.5, 0.6) is 5.75 Å². The second-order valence-electron chi connectivity index (χ2n) is 11.1. The molecular formula is C27H34FN5O4. The number of alkyl halides is 1. The molecule has 37 heavy (non-hydrogen) atoms. The molecule has 3 fully saturated rings. The molecule has 2 atom stereocenters. The minimum absolute atomic E-state index is 0.00315. The van der Waals surface area contributed by atoms with Crippen LogP contribution in [0.1, 0.15) is 36.8 Å². The first-order chi connectivity index (χ1) is 17.8. The number of carbonyl (C=O) groups excluding carboxylic acids is 2. The lowest BCUT2D eigenvalue weighted by molar-refractivity contribution is -0.122. The fourth-order valence-corrected chi connectivity index (χ4v) is 5.68. The monoisotopic (exact) mass is 511 g/mol. The highest BCUT2D eigenvalue weighted by Crippen LogP contribution is 2.49. The summed E-state index contributed by atoms with van der Waals surface area (Å²) in [5.74, 6) is 1.02. The molecular weight excluding hydrogens is 477 g/mol. The molecule has 4 heterocycles. The number of nitrogens with zero attached hydrogens (tertiary/aromatic N) is 4. The van der Waals surface area contributed by atoms with E-state index in [9.17, 15) is 14.0 Å². The molecule has 0 bridgehead atoms. The van der Waals surface area contributed by atoms with Gasteiger partial charge in [-0.05, 0) is 50.4 Å². The third-order valence-electron chi connectivity index (χ3n) is 8.00. The Morgan fingerprint density at radius 3 is 2.73 bits per heavy atom. The smallest absolute Gasteiger partial charge is 0.409 e. The van der Waals surface area contributed by atoms with Crippen LogP contribution >= 0.6 is 0 Å². The van der Waals surface area contributed by atoms with Crippen LogP contribution in [0.3, 0.4) is 0 Å². The van der Waals surface area contributed by atoms with Crippen molar-refractivity contribution < 1.29 is 23.5 Å². The number of halogens is 1. The molecule has 2 amide bonds. The molecule has 2 aromatic rings. The number of fused-ring (bicyclic) bond motifs is 4. The maximum Gasteiger partial charge on any atom is 0.409 e. The maximum atomic E-state index is 14.2. The van der Waals surface area contributed by atoms with E-state index in [0.29, 0.717) is 51.5 Å². The van der Waals surface area contributed by atoms with E-state index in [1.165, 1.54) is 0 Å². The lowest BCUT2D eigenvalue weighted by Gasteiger charge is -2.43. The highest BCUT2D eigenvalue weighted by Gasteiger charge is 2.46. The number of nitrogens with one attached hydrogen (secondary N) is 1. The Labute approximate surface area is 215 Å². The molecule has 9 nitrogen and oxygen atoms in total. The SMILES string of the molecule is Cc1ccc2c(c1)OC1(CCN(C(=O)OCC3CC3)CC1)c1cn(CC(=O)N[C@H]3CN(C)C[C@H]3F)nc1-2. The number of carbonyl (C=O) groups is 2. The van der Waals surface area contributed by atoms with Gasteiger partial charge in [0.25, 0.3) is 0 Å². The van der Waals surface area contributed by atoms with Crippen LogP contribution in [0.2, 0.25) is 0 Å². The topological polar surface area (TPSA) is 88.9 Å². The summed E-state index contributed by atoms with van der Waals surface area (Å²) in [5, 5.41) is 7.62. The van der Waals surface area contributed by atoms with E-state index in [-0.39, 0.29) is 18.5 Å². The van der Waals surface area contributed by atoms with Crippen molar-refractivity contribution in [1.82, 2.24) is 24.9 Å². The molecule has 1 N–H and O–H groups in total. The molecule has 2 saturated heterocycles. The molecule has 1 aromatic carbocycles. The average molecular weight is 512 g/mol. The summed E-state index contributed by atoms with van der Waals surface area (Å²) in [6, 6.07) is 5.52. The zero-order chi connectivity index (χ0) is 25.7. The molecule has 1 saturated carbocycles. The lowest BCUT2D eigenvalue weighted by Crippen LogP contribution is -2.49. The first-order valence-electron chi connectivity index (χ1n) is 13.2. The predicted molar refractivity (Wildman–Crippen MR) is 134 cm³/mol. The summed E-state index contributed by atoms with van der Waals surface area (Å²) in [6.45, 7) is 4.37. The number of hydrogen-bond donors (Lipinski definition) is 1. The second-order valence-corrected chi connectivity index (χ2v) is 11.1. The van der Waals surface area contributed by atoms with Crippen molar-refractivity contribution in [2.24, 2.45) is 5.92 Å². The Kier molecular flexibility index (Phi) is 6.09. The fourth-order valence-electron chi connectivity index (χ4n) is 5.68. The van der Waals surface area contributed by atoms with E-state index in [0.717, 1.165) is 41.0 Å². The van der Waals surface area contributed by atoms with E-state index < -0.39 is 17.8 Å². The van der Waals surface area contributed by atoms with Gasteiger partial charge in [0.2, 0.25) is 5.91 Å². The summed E-state index contributed by atoms with van der Waals surface area (Å²) in [7, 11) is 1.84. The van der Waals surface area contributed by atoms with E-state index in [1.54, 1.807) is 9.58 Å². The van der Waals surface area contributed by atoms with Gasteiger partial charge in [0, 0.05) is 56.3 Å². The summed E-state index contributed by atoms with van der Waals surface area (Å²) in [5.41, 5.74) is 3.04. The standard InChI is InChI=1S/C27H34FN5O4/c1-17-3-6-19-23(11-17)37-27(7-9-32(10-8-27)26(35)36-16-18-4-5-18)20-12-33(30-25(19)20)15-24(34)29-22-14-31(2)13-21(22)28/h3,6,11-12,18,21-22H,4-5,7-10,13-16H2,1-2H3,(H,29,34)/t21-,22+/m1/s1. The van der Waals surface area contributed by atoms with Crippen molar-refractivity contribution in [3.05, 3.63) is 35.5 Å². The van der Waals surface area contributed by atoms with Crippen LogP contribution in [0, 0.1) is 12.8 Å². The Morgan fingerprint density at radius 1 is 1.24 bits per heavy atom. The summed E-state index contributed by atoms with van der Waals surface area (Å²) in [6.07, 6.45) is 4.02. The van der Waals surface area contributed by atoms with Crippen molar-refractivity contribution in [1.29, 1.82) is 0 Å². The van der Waals surface area contributed by atoms with Crippen molar-refractivity contribution in [3.63, 3.8) is 0 Å². The van der Waals surface area contributed by atoms with Crippen molar-refractivity contribution in [3.8, 4) is 17.0 Å². The van der Waals surface area contributed by atoms with Crippen LogP contribution < -0.4 is 10.1 Å². The van der Waals surface area contributed by atoms with Gasteiger partial charge >= 0.3 is 6.09 Å². The molecule has 198 valence electrons. The molecule has 0 unspecified atom stereocenters. The van der Waals surface area contributed by atoms with E-state index in [4.69, 9.17) is 14.6 Å². The third-order valence-corrected chi connectivity index (χ3v) is 8.00. The second kappa shape index (κ2) is 9.31. The minimum atomic E-state index is -1.08. The molecule has 1 aliphatic carbocycles. The Balaban J connectivity index is 1.21. The van der Waals surface area contributed by atoms with Crippen LogP contribution in [-0.4, -0.2) is 83.6 Å². The van der Waals surface area contributed by atoms with Crippen molar-refractivity contribution >= 4 is 12.0 Å². The number of ether oxygens (including phenoxy) is 2. The van der Waals surface area contributed by atoms with Crippen LogP contribution in [-0.2, 0) is 21.7 Å². The number of piperidine rings is 1. The summed E-state index contributed by atoms with van der Waals surface area (Å²) < 4.78 is 28.0. The Bertz CT molecular complexity index is 1200. The number of likely N-dealkylation sites (N-methyl/N-ethyl adjacent to an activating group) is 1. The summed E-state index contributed by atoms with van der Waals surface area (Å²) in [4.78, 5) is 29.0. The largest absolute Gasteiger partial charge is 0.482 e. The van der Waals surface area contributed by atoms with E-state index >= 15 is 0 Å². The highest BCUT2D eigenvalue weighted by molar-refractivity contribution is 5.77. The van der Waals surface area contributed by atoms with Crippen molar-refractivity contribution in [2.75, 3.05) is 39.8 Å².